The Bertz CT molecular complexity index is 1680. The molecule has 0 bridgehead atoms. The number of aryl methyl sites for hydroxylation is 2. The molecule has 0 amide bonds. The number of cyclic esters (lactones) is 1. The van der Waals surface area contributed by atoms with Gasteiger partial charge in [-0.3, -0.25) is 14.4 Å². The molecule has 0 unspecified atom stereocenters. The van der Waals surface area contributed by atoms with Crippen LogP contribution in [0.5, 0.6) is 11.5 Å². The van der Waals surface area contributed by atoms with E-state index in [4.69, 9.17) is 14.2 Å². The number of rotatable bonds is 2. The van der Waals surface area contributed by atoms with Crippen molar-refractivity contribution in [3.05, 3.63) is 74.6 Å². The maximum Gasteiger partial charge on any atom is 0.342 e. The van der Waals surface area contributed by atoms with E-state index in [1.807, 2.05) is 35.8 Å². The topological polar surface area (TPSA) is 101 Å². The Labute approximate surface area is 244 Å². The van der Waals surface area contributed by atoms with Gasteiger partial charge in [-0.15, -0.1) is 0 Å². The summed E-state index contributed by atoms with van der Waals surface area (Å²) in [5.41, 5.74) is 3.64. The van der Waals surface area contributed by atoms with Crippen molar-refractivity contribution in [3.63, 3.8) is 0 Å². The second kappa shape index (κ2) is 11.6. The molecule has 6 rings (SSSR count). The molecule has 2 aromatic carbocycles. The fourth-order valence-electron chi connectivity index (χ4n) is 6.61. The lowest BCUT2D eigenvalue weighted by molar-refractivity contribution is -0.135. The van der Waals surface area contributed by atoms with Crippen LogP contribution in [-0.4, -0.2) is 35.5 Å². The van der Waals surface area contributed by atoms with E-state index < -0.39 is 24.0 Å². The van der Waals surface area contributed by atoms with E-state index in [1.54, 1.807) is 12.1 Å². The lowest BCUT2D eigenvalue weighted by Crippen LogP contribution is -2.32. The maximum absolute atomic E-state index is 14.0. The first-order valence-electron chi connectivity index (χ1n) is 14.9. The highest BCUT2D eigenvalue weighted by molar-refractivity contribution is 5.99. The van der Waals surface area contributed by atoms with E-state index in [0.29, 0.717) is 61.8 Å². The summed E-state index contributed by atoms with van der Waals surface area (Å²) in [6.45, 7) is 2.42. The second-order valence-corrected chi connectivity index (χ2v) is 11.5. The van der Waals surface area contributed by atoms with Crippen LogP contribution in [0.2, 0.25) is 0 Å². The van der Waals surface area contributed by atoms with Crippen molar-refractivity contribution < 1.29 is 28.6 Å². The van der Waals surface area contributed by atoms with Crippen LogP contribution < -0.4 is 15.0 Å². The first-order valence-corrected chi connectivity index (χ1v) is 14.9. The summed E-state index contributed by atoms with van der Waals surface area (Å²) in [5.74, 6) is -0.961. The van der Waals surface area contributed by atoms with Crippen LogP contribution in [0, 0.1) is 0 Å². The number of esters is 2. The Morgan fingerprint density at radius 3 is 2.67 bits per heavy atom. The quantitative estimate of drug-likeness (QED) is 0.281. The number of methoxy groups -OCH3 is 1. The Hall–Kier alpha value is -4.20. The second-order valence-electron chi connectivity index (χ2n) is 11.5. The number of carbonyl (C=O) groups excluding carboxylic acids is 3. The van der Waals surface area contributed by atoms with Crippen molar-refractivity contribution in [1.29, 1.82) is 0 Å². The summed E-state index contributed by atoms with van der Waals surface area (Å²) in [7, 11) is 1.48. The van der Waals surface area contributed by atoms with Crippen LogP contribution in [-0.2, 0) is 27.3 Å². The number of ether oxygens (including phenoxy) is 3. The first-order chi connectivity index (χ1) is 20.4. The zero-order valence-corrected chi connectivity index (χ0v) is 24.1. The van der Waals surface area contributed by atoms with Gasteiger partial charge in [0.05, 0.1) is 25.2 Å². The van der Waals surface area contributed by atoms with E-state index in [1.165, 1.54) is 7.11 Å². The number of hydrogen-bond acceptors (Lipinski definition) is 7. The molecule has 0 N–H and O–H groups in total. The summed E-state index contributed by atoms with van der Waals surface area (Å²) in [6, 6.07) is 9.58. The number of ketones is 1. The molecule has 42 heavy (non-hydrogen) atoms. The predicted octanol–water partition coefficient (Wildman–Crippen LogP) is 5.88. The maximum atomic E-state index is 14.0. The lowest BCUT2D eigenvalue weighted by atomic mass is 9.83. The van der Waals surface area contributed by atoms with Crippen LogP contribution >= 0.6 is 0 Å². The number of fused-ring (bicyclic) bond motifs is 2. The number of carbonyl (C=O) groups is 3. The van der Waals surface area contributed by atoms with Crippen LogP contribution in [0.3, 0.4) is 0 Å². The fourth-order valence-corrected chi connectivity index (χ4v) is 6.61. The highest BCUT2D eigenvalue weighted by Gasteiger charge is 2.38. The third-order valence-electron chi connectivity index (χ3n) is 8.59. The molecule has 218 valence electrons. The van der Waals surface area contributed by atoms with Gasteiger partial charge in [0.2, 0.25) is 0 Å². The van der Waals surface area contributed by atoms with Crippen LogP contribution in [0.25, 0.3) is 17.0 Å². The van der Waals surface area contributed by atoms with Crippen molar-refractivity contribution in [1.82, 2.24) is 4.57 Å². The Morgan fingerprint density at radius 1 is 1.00 bits per heavy atom. The van der Waals surface area contributed by atoms with Gasteiger partial charge in [0, 0.05) is 36.4 Å². The molecule has 0 aliphatic carbocycles. The van der Waals surface area contributed by atoms with E-state index >= 15 is 0 Å². The third kappa shape index (κ3) is 5.14. The summed E-state index contributed by atoms with van der Waals surface area (Å²) in [5, 5.41) is 0.939. The fraction of sp³-hybridized carbons (Fsp3) is 0.412. The summed E-state index contributed by atoms with van der Waals surface area (Å²) < 4.78 is 19.3. The lowest BCUT2D eigenvalue weighted by Gasteiger charge is -2.29. The zero-order valence-electron chi connectivity index (χ0n) is 24.1. The smallest absolute Gasteiger partial charge is 0.342 e. The molecule has 0 saturated heterocycles. The normalized spacial score (nSPS) is 21.9. The molecule has 8 nitrogen and oxygen atoms in total. The average Bonchev–Trinajstić information content (AvgIpc) is 2.97. The number of Topliss-reactive ketones (excluding diaryl/α,β-unsaturated/α-hetero) is 1. The number of hydrogen-bond donors (Lipinski definition) is 0. The van der Waals surface area contributed by atoms with Crippen molar-refractivity contribution in [2.24, 2.45) is 0 Å². The van der Waals surface area contributed by atoms with Gasteiger partial charge in [-0.05, 0) is 74.1 Å². The van der Waals surface area contributed by atoms with Crippen molar-refractivity contribution in [2.45, 2.75) is 83.3 Å². The number of pyridine rings is 1. The van der Waals surface area contributed by atoms with Gasteiger partial charge >= 0.3 is 11.9 Å². The monoisotopic (exact) mass is 569 g/mol. The minimum atomic E-state index is -0.666. The predicted molar refractivity (Wildman–Crippen MR) is 158 cm³/mol. The van der Waals surface area contributed by atoms with Crippen LogP contribution in [0.4, 0.5) is 0 Å². The highest BCUT2D eigenvalue weighted by Crippen LogP contribution is 2.47. The molecule has 4 heterocycles. The number of benzene rings is 2. The largest absolute Gasteiger partial charge is 0.495 e. The summed E-state index contributed by atoms with van der Waals surface area (Å²) >= 11 is 0. The van der Waals surface area contributed by atoms with Crippen molar-refractivity contribution in [2.75, 3.05) is 7.11 Å². The van der Waals surface area contributed by atoms with Gasteiger partial charge in [-0.25, -0.2) is 4.79 Å². The molecule has 0 radical (unpaired) electrons. The summed E-state index contributed by atoms with van der Waals surface area (Å²) in [4.78, 5) is 52.9. The summed E-state index contributed by atoms with van der Waals surface area (Å²) in [6.07, 6.45) is 8.54. The number of allylic oxidation sites excluding steroid dienone is 1. The molecule has 3 aliphatic rings. The Kier molecular flexibility index (Phi) is 7.71. The van der Waals surface area contributed by atoms with E-state index in [9.17, 15) is 19.2 Å². The van der Waals surface area contributed by atoms with E-state index in [0.717, 1.165) is 29.3 Å². The number of para-hydroxylation sites is 1. The average molecular weight is 570 g/mol. The highest BCUT2D eigenvalue weighted by atomic mass is 16.5. The standard InChI is InChI=1S/C34H35NO7/c1-20-9-6-15-24(36)14-5-3-4-10-22-18-27-30(32(40-2)29(22)34(39)41-20)25(19-28(37)42-27)26-17-23-12-7-11-21-13-8-16-35(31(21)23)33(26)38/h4,7,10-12,17-18,20,25H,3,5-6,8-9,13-16,19H2,1-2H3/b10-4+/t20-,25+/m0/s1. The SMILES string of the molecule is COc1c2c(cc3c1[C@@H](c1cc4cccc5c4n(c1=O)CCC5)CC(=O)O3)/C=C/CCCC(=O)CCC[C@H](C)OC2=O. The van der Waals surface area contributed by atoms with Gasteiger partial charge in [0.15, 0.2) is 0 Å². The molecule has 0 fully saturated rings. The van der Waals surface area contributed by atoms with Crippen LogP contribution in [0.1, 0.15) is 96.8 Å². The van der Waals surface area contributed by atoms with Gasteiger partial charge in [-0.1, -0.05) is 30.4 Å². The molecule has 2 atom stereocenters. The van der Waals surface area contributed by atoms with Gasteiger partial charge in [0.1, 0.15) is 22.8 Å². The van der Waals surface area contributed by atoms with Crippen LogP contribution in [0.15, 0.2) is 41.2 Å². The molecule has 1 aromatic heterocycles. The Morgan fingerprint density at radius 2 is 1.83 bits per heavy atom. The van der Waals surface area contributed by atoms with Gasteiger partial charge < -0.3 is 18.8 Å². The molecule has 0 saturated carbocycles. The molecule has 0 spiro atoms. The minimum Gasteiger partial charge on any atom is -0.495 e. The molecule has 8 heteroatoms. The van der Waals surface area contributed by atoms with E-state index in [-0.39, 0.29) is 34.8 Å². The number of nitrogens with zero attached hydrogens (tertiary/aromatic N) is 1. The van der Waals surface area contributed by atoms with Crippen molar-refractivity contribution in [3.8, 4) is 11.5 Å². The molecule has 3 aliphatic heterocycles. The first kappa shape index (κ1) is 27.9. The van der Waals surface area contributed by atoms with Gasteiger partial charge in [0.25, 0.3) is 5.56 Å². The third-order valence-corrected chi connectivity index (χ3v) is 8.59. The zero-order chi connectivity index (χ0) is 29.4. The number of aromatic nitrogens is 1. The van der Waals surface area contributed by atoms with Gasteiger partial charge in [-0.2, -0.15) is 0 Å². The Balaban J connectivity index is 1.53. The molecule has 3 aromatic rings. The van der Waals surface area contributed by atoms with Crippen molar-refractivity contribution >= 4 is 34.7 Å². The molecular formula is C34H35NO7. The van der Waals surface area contributed by atoms with E-state index in [2.05, 4.69) is 6.07 Å². The minimum absolute atomic E-state index is 0.0576. The molecular weight excluding hydrogens is 534 g/mol.